The summed E-state index contributed by atoms with van der Waals surface area (Å²) >= 11 is 0. The van der Waals surface area contributed by atoms with Gasteiger partial charge in [0.25, 0.3) is 5.91 Å². The first kappa shape index (κ1) is 11.4. The van der Waals surface area contributed by atoms with Gasteiger partial charge in [0.1, 0.15) is 5.56 Å². The van der Waals surface area contributed by atoms with Crippen molar-refractivity contribution in [3.05, 3.63) is 46.2 Å². The van der Waals surface area contributed by atoms with E-state index in [9.17, 15) is 9.59 Å². The van der Waals surface area contributed by atoms with E-state index in [1.54, 1.807) is 12.1 Å². The maximum Gasteiger partial charge on any atom is 0.254 e. The number of hydrogen-bond acceptors (Lipinski definition) is 2. The van der Waals surface area contributed by atoms with E-state index >= 15 is 0 Å². The largest absolute Gasteiger partial charge is 0.365 e. The Morgan fingerprint density at radius 3 is 2.53 bits per heavy atom. The topological polar surface area (TPSA) is 65.1 Å². The summed E-state index contributed by atoms with van der Waals surface area (Å²) in [4.78, 5) is 23.3. The Bertz CT molecular complexity index is 641. The average molecular weight is 230 g/mol. The standard InChI is InChI=1S/C13H14N2O2/c1-8(2)15-7-10(13(14)17)12(16)9-5-3-4-6-11(9)15/h3-8H,1-2H3,(H2,14,17). The molecule has 2 rings (SSSR count). The van der Waals surface area contributed by atoms with E-state index in [4.69, 9.17) is 5.73 Å². The molecule has 0 spiro atoms. The molecule has 0 fully saturated rings. The molecule has 1 aromatic heterocycles. The second-order valence-corrected chi connectivity index (χ2v) is 4.25. The minimum Gasteiger partial charge on any atom is -0.365 e. The highest BCUT2D eigenvalue weighted by molar-refractivity contribution is 5.96. The van der Waals surface area contributed by atoms with Crippen LogP contribution in [-0.4, -0.2) is 10.5 Å². The second kappa shape index (κ2) is 4.05. The molecule has 0 saturated heterocycles. The molecular formula is C13H14N2O2. The van der Waals surface area contributed by atoms with Gasteiger partial charge in [-0.2, -0.15) is 0 Å². The molecule has 17 heavy (non-hydrogen) atoms. The van der Waals surface area contributed by atoms with E-state index < -0.39 is 5.91 Å². The molecule has 0 atom stereocenters. The van der Waals surface area contributed by atoms with Gasteiger partial charge in [0.05, 0.1) is 5.52 Å². The molecule has 0 unspecified atom stereocenters. The first-order chi connectivity index (χ1) is 8.02. The number of benzene rings is 1. The number of carbonyl (C=O) groups is 1. The van der Waals surface area contributed by atoms with Gasteiger partial charge in [-0.05, 0) is 26.0 Å². The van der Waals surface area contributed by atoms with Gasteiger partial charge < -0.3 is 10.3 Å². The molecular weight excluding hydrogens is 216 g/mol. The van der Waals surface area contributed by atoms with E-state index in [-0.39, 0.29) is 17.0 Å². The summed E-state index contributed by atoms with van der Waals surface area (Å²) in [6, 6.07) is 7.37. The molecule has 2 N–H and O–H groups in total. The van der Waals surface area contributed by atoms with Crippen molar-refractivity contribution in [3.8, 4) is 0 Å². The first-order valence-corrected chi connectivity index (χ1v) is 5.46. The Kier molecular flexibility index (Phi) is 2.71. The summed E-state index contributed by atoms with van der Waals surface area (Å²) in [5, 5.41) is 0.525. The Balaban J connectivity index is 2.95. The van der Waals surface area contributed by atoms with E-state index in [2.05, 4.69) is 0 Å². The number of carbonyl (C=O) groups excluding carboxylic acids is 1. The number of nitrogens with two attached hydrogens (primary N) is 1. The lowest BCUT2D eigenvalue weighted by molar-refractivity contribution is 0.0998. The van der Waals surface area contributed by atoms with Gasteiger partial charge in [0.15, 0.2) is 0 Å². The molecule has 0 aliphatic carbocycles. The zero-order valence-corrected chi connectivity index (χ0v) is 9.81. The number of pyridine rings is 1. The number of hydrogen-bond donors (Lipinski definition) is 1. The Labute approximate surface area is 98.7 Å². The van der Waals surface area contributed by atoms with Crippen LogP contribution in [0.3, 0.4) is 0 Å². The van der Waals surface area contributed by atoms with Crippen molar-refractivity contribution < 1.29 is 4.79 Å². The monoisotopic (exact) mass is 230 g/mol. The van der Waals surface area contributed by atoms with Crippen LogP contribution in [0.1, 0.15) is 30.2 Å². The molecule has 1 amide bonds. The normalized spacial score (nSPS) is 11.0. The number of fused-ring (bicyclic) bond motifs is 1. The van der Waals surface area contributed by atoms with Crippen molar-refractivity contribution >= 4 is 16.8 Å². The fourth-order valence-electron chi connectivity index (χ4n) is 1.91. The number of nitrogens with zero attached hydrogens (tertiary/aromatic N) is 1. The van der Waals surface area contributed by atoms with Crippen molar-refractivity contribution in [3.63, 3.8) is 0 Å². The highest BCUT2D eigenvalue weighted by Crippen LogP contribution is 2.16. The van der Waals surface area contributed by atoms with Crippen molar-refractivity contribution in [2.45, 2.75) is 19.9 Å². The fourth-order valence-corrected chi connectivity index (χ4v) is 1.91. The molecule has 0 bridgehead atoms. The summed E-state index contributed by atoms with van der Waals surface area (Å²) in [6.45, 7) is 3.98. The van der Waals surface area contributed by atoms with Crippen LogP contribution >= 0.6 is 0 Å². The highest BCUT2D eigenvalue weighted by Gasteiger charge is 2.13. The summed E-state index contributed by atoms with van der Waals surface area (Å²) in [6.07, 6.45) is 1.54. The summed E-state index contributed by atoms with van der Waals surface area (Å²) in [5.41, 5.74) is 5.78. The van der Waals surface area contributed by atoms with Crippen molar-refractivity contribution in [1.29, 1.82) is 0 Å². The molecule has 1 aromatic carbocycles. The first-order valence-electron chi connectivity index (χ1n) is 5.46. The van der Waals surface area contributed by atoms with Gasteiger partial charge in [-0.25, -0.2) is 0 Å². The quantitative estimate of drug-likeness (QED) is 0.853. The molecule has 4 heteroatoms. The SMILES string of the molecule is CC(C)n1cc(C(N)=O)c(=O)c2ccccc21. The van der Waals surface area contributed by atoms with Crippen LogP contribution in [0.2, 0.25) is 0 Å². The zero-order valence-electron chi connectivity index (χ0n) is 9.81. The number of rotatable bonds is 2. The van der Waals surface area contributed by atoms with E-state index in [1.807, 2.05) is 30.5 Å². The smallest absolute Gasteiger partial charge is 0.254 e. The lowest BCUT2D eigenvalue weighted by Crippen LogP contribution is -2.24. The average Bonchev–Trinajstić information content (AvgIpc) is 2.29. The van der Waals surface area contributed by atoms with Crippen LogP contribution in [0.15, 0.2) is 35.3 Å². The molecule has 0 saturated carbocycles. The fraction of sp³-hybridized carbons (Fsp3) is 0.231. The second-order valence-electron chi connectivity index (χ2n) is 4.25. The van der Waals surface area contributed by atoms with Crippen LogP contribution < -0.4 is 11.2 Å². The maximum absolute atomic E-state index is 12.0. The van der Waals surface area contributed by atoms with Crippen LogP contribution in [0, 0.1) is 0 Å². The van der Waals surface area contributed by atoms with Crippen molar-refractivity contribution in [2.75, 3.05) is 0 Å². The van der Waals surface area contributed by atoms with Crippen LogP contribution in [0.25, 0.3) is 10.9 Å². The highest BCUT2D eigenvalue weighted by atomic mass is 16.2. The van der Waals surface area contributed by atoms with Gasteiger partial charge in [-0.1, -0.05) is 12.1 Å². The third-order valence-corrected chi connectivity index (χ3v) is 2.76. The Hall–Kier alpha value is -2.10. The van der Waals surface area contributed by atoms with Gasteiger partial charge in [-0.3, -0.25) is 9.59 Å². The number of aromatic nitrogens is 1. The maximum atomic E-state index is 12.0. The van der Waals surface area contributed by atoms with Crippen LogP contribution in [0.5, 0.6) is 0 Å². The Morgan fingerprint density at radius 2 is 1.94 bits per heavy atom. The van der Waals surface area contributed by atoms with Gasteiger partial charge in [0, 0.05) is 17.6 Å². The van der Waals surface area contributed by atoms with E-state index in [0.717, 1.165) is 5.52 Å². The minimum atomic E-state index is -0.685. The van der Waals surface area contributed by atoms with Crippen LogP contribution in [0.4, 0.5) is 0 Å². The number of primary amides is 1. The van der Waals surface area contributed by atoms with Gasteiger partial charge in [0.2, 0.25) is 5.43 Å². The molecule has 88 valence electrons. The zero-order chi connectivity index (χ0) is 12.6. The van der Waals surface area contributed by atoms with Gasteiger partial charge >= 0.3 is 0 Å². The third kappa shape index (κ3) is 1.82. The summed E-state index contributed by atoms with van der Waals surface area (Å²) in [7, 11) is 0. The molecule has 2 aromatic rings. The molecule has 1 heterocycles. The molecule has 4 nitrogen and oxygen atoms in total. The molecule has 0 aliphatic heterocycles. The predicted octanol–water partition coefficient (Wildman–Crippen LogP) is 1.68. The van der Waals surface area contributed by atoms with Crippen molar-refractivity contribution in [1.82, 2.24) is 4.57 Å². The molecule has 0 aliphatic rings. The minimum absolute atomic E-state index is 0.0393. The third-order valence-electron chi connectivity index (χ3n) is 2.76. The van der Waals surface area contributed by atoms with E-state index in [0.29, 0.717) is 5.39 Å². The molecule has 0 radical (unpaired) electrons. The van der Waals surface area contributed by atoms with Crippen molar-refractivity contribution in [2.24, 2.45) is 5.73 Å². The predicted molar refractivity (Wildman–Crippen MR) is 67.1 cm³/mol. The van der Waals surface area contributed by atoms with Gasteiger partial charge in [-0.15, -0.1) is 0 Å². The lowest BCUT2D eigenvalue weighted by Gasteiger charge is -2.15. The number of amides is 1. The summed E-state index contributed by atoms with van der Waals surface area (Å²) in [5.74, 6) is -0.685. The Morgan fingerprint density at radius 1 is 1.29 bits per heavy atom. The summed E-state index contributed by atoms with van der Waals surface area (Å²) < 4.78 is 1.89. The van der Waals surface area contributed by atoms with E-state index in [1.165, 1.54) is 6.20 Å². The number of para-hydroxylation sites is 1. The van der Waals surface area contributed by atoms with Crippen LogP contribution in [-0.2, 0) is 0 Å². The lowest BCUT2D eigenvalue weighted by atomic mass is 10.1.